The minimum Gasteiger partial charge on any atom is -0.378 e. The molecule has 2 saturated carbocycles. The molecule has 3 nitrogen and oxygen atoms in total. The van der Waals surface area contributed by atoms with E-state index in [1.165, 1.54) is 12.8 Å². The highest BCUT2D eigenvalue weighted by molar-refractivity contribution is 5.78. The monoisotopic (exact) mass is 293 g/mol. The van der Waals surface area contributed by atoms with E-state index in [0.29, 0.717) is 18.1 Å². The first-order valence-corrected chi connectivity index (χ1v) is 8.75. The summed E-state index contributed by atoms with van der Waals surface area (Å²) in [5.41, 5.74) is 0.508. The van der Waals surface area contributed by atoms with Crippen LogP contribution in [-0.2, 0) is 9.53 Å². The maximum Gasteiger partial charge on any atom is 0.222 e. The molecule has 1 unspecified atom stereocenters. The lowest BCUT2D eigenvalue weighted by molar-refractivity contribution is -0.138. The zero-order valence-electron chi connectivity index (χ0n) is 14.2. The van der Waals surface area contributed by atoms with Crippen LogP contribution in [0.5, 0.6) is 0 Å². The van der Waals surface area contributed by atoms with E-state index in [2.05, 4.69) is 26.1 Å². The molecule has 3 heteroatoms. The molecule has 1 N–H and O–H groups in total. The van der Waals surface area contributed by atoms with E-state index in [1.54, 1.807) is 0 Å². The summed E-state index contributed by atoms with van der Waals surface area (Å²) in [7, 11) is 0. The highest BCUT2D eigenvalue weighted by Gasteiger charge is 2.68. The van der Waals surface area contributed by atoms with Gasteiger partial charge in [-0.2, -0.15) is 0 Å². The van der Waals surface area contributed by atoms with Gasteiger partial charge in [-0.25, -0.2) is 0 Å². The van der Waals surface area contributed by atoms with Gasteiger partial charge in [0.1, 0.15) is 0 Å². The Labute approximate surface area is 129 Å². The molecule has 21 heavy (non-hydrogen) atoms. The van der Waals surface area contributed by atoms with Crippen LogP contribution in [0.4, 0.5) is 0 Å². The van der Waals surface area contributed by atoms with E-state index in [4.69, 9.17) is 4.74 Å². The maximum absolute atomic E-state index is 12.3. The highest BCUT2D eigenvalue weighted by Crippen LogP contribution is 2.68. The molecule has 1 aliphatic heterocycles. The Morgan fingerprint density at radius 2 is 2.10 bits per heavy atom. The standard InChI is InChI=1S/C18H31NO2/c1-6-14-13-9-12-10-18(13,7-8-21-14)16(17(12,4)5)19-15(20)11(2)3/h11-14,16H,6-10H2,1-5H3,(H,19,20)/t12-,13-,14-,16-,18?/m1/s1. The lowest BCUT2D eigenvalue weighted by atomic mass is 9.59. The minimum atomic E-state index is 0.0663. The number of amides is 1. The highest BCUT2D eigenvalue weighted by atomic mass is 16.5. The van der Waals surface area contributed by atoms with Crippen LogP contribution < -0.4 is 5.32 Å². The Balaban J connectivity index is 1.91. The predicted octanol–water partition coefficient (Wildman–Crippen LogP) is 3.38. The van der Waals surface area contributed by atoms with E-state index in [-0.39, 0.29) is 22.7 Å². The van der Waals surface area contributed by atoms with Crippen LogP contribution in [0, 0.1) is 28.6 Å². The van der Waals surface area contributed by atoms with Crippen LogP contribution in [0.1, 0.15) is 60.3 Å². The lowest BCUT2D eigenvalue weighted by Gasteiger charge is -2.53. The van der Waals surface area contributed by atoms with Crippen molar-refractivity contribution in [2.24, 2.45) is 28.6 Å². The number of rotatable bonds is 3. The molecular weight excluding hydrogens is 262 g/mol. The fourth-order valence-electron chi connectivity index (χ4n) is 5.62. The van der Waals surface area contributed by atoms with Gasteiger partial charge in [0.2, 0.25) is 5.91 Å². The van der Waals surface area contributed by atoms with Crippen molar-refractivity contribution < 1.29 is 9.53 Å². The summed E-state index contributed by atoms with van der Waals surface area (Å²) >= 11 is 0. The van der Waals surface area contributed by atoms with Crippen molar-refractivity contribution in [3.63, 3.8) is 0 Å². The Hall–Kier alpha value is -0.570. The maximum atomic E-state index is 12.3. The van der Waals surface area contributed by atoms with E-state index in [1.807, 2.05) is 13.8 Å². The second-order valence-electron chi connectivity index (χ2n) is 8.46. The molecule has 0 radical (unpaired) electrons. The number of carbonyl (C=O) groups excluding carboxylic acids is 1. The second-order valence-corrected chi connectivity index (χ2v) is 8.46. The van der Waals surface area contributed by atoms with Crippen LogP contribution in [0.15, 0.2) is 0 Å². The van der Waals surface area contributed by atoms with Crippen molar-refractivity contribution in [3.8, 4) is 0 Å². The average Bonchev–Trinajstić information content (AvgIpc) is 2.91. The van der Waals surface area contributed by atoms with E-state index >= 15 is 0 Å². The van der Waals surface area contributed by atoms with Gasteiger partial charge in [-0.05, 0) is 48.3 Å². The topological polar surface area (TPSA) is 38.3 Å². The fraction of sp³-hybridized carbons (Fsp3) is 0.944. The van der Waals surface area contributed by atoms with Crippen molar-refractivity contribution >= 4 is 5.91 Å². The van der Waals surface area contributed by atoms with Crippen LogP contribution in [0.2, 0.25) is 0 Å². The Kier molecular flexibility index (Phi) is 3.63. The van der Waals surface area contributed by atoms with Crippen molar-refractivity contribution in [3.05, 3.63) is 0 Å². The molecule has 3 fully saturated rings. The second kappa shape index (κ2) is 4.97. The van der Waals surface area contributed by atoms with Crippen molar-refractivity contribution in [1.29, 1.82) is 0 Å². The lowest BCUT2D eigenvalue weighted by Crippen LogP contribution is -2.60. The summed E-state index contributed by atoms with van der Waals surface area (Å²) in [6, 6.07) is 0.321. The Bertz CT molecular complexity index is 431. The summed E-state index contributed by atoms with van der Waals surface area (Å²) < 4.78 is 6.04. The van der Waals surface area contributed by atoms with Gasteiger partial charge in [0.25, 0.3) is 0 Å². The molecule has 5 atom stereocenters. The molecule has 0 aromatic carbocycles. The van der Waals surface area contributed by atoms with Crippen LogP contribution in [0.3, 0.4) is 0 Å². The van der Waals surface area contributed by atoms with Gasteiger partial charge < -0.3 is 10.1 Å². The molecule has 2 bridgehead atoms. The summed E-state index contributed by atoms with van der Waals surface area (Å²) in [5.74, 6) is 1.66. The van der Waals surface area contributed by atoms with Gasteiger partial charge in [-0.1, -0.05) is 34.6 Å². The summed E-state index contributed by atoms with van der Waals surface area (Å²) in [6.45, 7) is 11.8. The third kappa shape index (κ3) is 2.07. The van der Waals surface area contributed by atoms with E-state index in [0.717, 1.165) is 25.4 Å². The number of fused-ring (bicyclic) bond motifs is 1. The molecule has 1 heterocycles. The molecule has 120 valence electrons. The smallest absolute Gasteiger partial charge is 0.222 e. The first-order chi connectivity index (χ1) is 9.83. The van der Waals surface area contributed by atoms with Crippen molar-refractivity contribution in [2.45, 2.75) is 72.4 Å². The molecule has 1 spiro atoms. The van der Waals surface area contributed by atoms with E-state index < -0.39 is 0 Å². The van der Waals surface area contributed by atoms with Crippen LogP contribution >= 0.6 is 0 Å². The van der Waals surface area contributed by atoms with Gasteiger partial charge in [0.05, 0.1) is 6.10 Å². The number of carbonyl (C=O) groups is 1. The third-order valence-corrected chi connectivity index (χ3v) is 6.84. The SMILES string of the molecule is CC[C@H]1OCCC23C[C@@H](C[C@H]12)C(C)(C)[C@H]3NC(=O)C(C)C. The predicted molar refractivity (Wildman–Crippen MR) is 83.8 cm³/mol. The molecule has 1 amide bonds. The first kappa shape index (κ1) is 15.3. The van der Waals surface area contributed by atoms with Crippen molar-refractivity contribution in [2.75, 3.05) is 6.61 Å². The van der Waals surface area contributed by atoms with Crippen molar-refractivity contribution in [1.82, 2.24) is 5.32 Å². The molecule has 2 aliphatic carbocycles. The van der Waals surface area contributed by atoms with E-state index in [9.17, 15) is 4.79 Å². The average molecular weight is 293 g/mol. The van der Waals surface area contributed by atoms with Gasteiger partial charge in [0.15, 0.2) is 0 Å². The quantitative estimate of drug-likeness (QED) is 0.866. The third-order valence-electron chi connectivity index (χ3n) is 6.84. The Morgan fingerprint density at radius 1 is 1.38 bits per heavy atom. The molecule has 0 aromatic heterocycles. The van der Waals surface area contributed by atoms with Gasteiger partial charge in [-0.3, -0.25) is 4.79 Å². The minimum absolute atomic E-state index is 0.0663. The first-order valence-electron chi connectivity index (χ1n) is 8.75. The summed E-state index contributed by atoms with van der Waals surface area (Å²) in [6.07, 6.45) is 5.20. The molecule has 0 aromatic rings. The number of ether oxygens (including phenoxy) is 1. The Morgan fingerprint density at radius 3 is 2.71 bits per heavy atom. The fourth-order valence-corrected chi connectivity index (χ4v) is 5.62. The van der Waals surface area contributed by atoms with Crippen LogP contribution in [0.25, 0.3) is 0 Å². The van der Waals surface area contributed by atoms with Gasteiger partial charge in [0, 0.05) is 18.6 Å². The summed E-state index contributed by atoms with van der Waals surface area (Å²) in [5, 5.41) is 3.44. The number of hydrogen-bond acceptors (Lipinski definition) is 2. The molecule has 3 rings (SSSR count). The van der Waals surface area contributed by atoms with Crippen LogP contribution in [-0.4, -0.2) is 24.7 Å². The molecular formula is C18H31NO2. The van der Waals surface area contributed by atoms with Gasteiger partial charge >= 0.3 is 0 Å². The molecule has 3 aliphatic rings. The van der Waals surface area contributed by atoms with Gasteiger partial charge in [-0.15, -0.1) is 0 Å². The largest absolute Gasteiger partial charge is 0.378 e. The zero-order valence-corrected chi connectivity index (χ0v) is 14.2. The normalized spacial score (nSPS) is 43.9. The zero-order chi connectivity index (χ0) is 15.4. The molecule has 1 saturated heterocycles. The number of hydrogen-bond donors (Lipinski definition) is 1. The number of nitrogens with one attached hydrogen (secondary N) is 1. The summed E-state index contributed by atoms with van der Waals surface area (Å²) in [4.78, 5) is 12.3.